The van der Waals surface area contributed by atoms with E-state index in [2.05, 4.69) is 0 Å². The van der Waals surface area contributed by atoms with E-state index in [1.54, 1.807) is 0 Å². The van der Waals surface area contributed by atoms with Crippen LogP contribution in [0.15, 0.2) is 12.1 Å². The van der Waals surface area contributed by atoms with E-state index in [4.69, 9.17) is 14.6 Å². The normalized spacial score (nSPS) is 13.0. The highest BCUT2D eigenvalue weighted by Crippen LogP contribution is 2.37. The molecule has 0 saturated carbocycles. The largest absolute Gasteiger partial charge is 0.454 e. The van der Waals surface area contributed by atoms with E-state index in [0.29, 0.717) is 13.3 Å². The van der Waals surface area contributed by atoms with Crippen LogP contribution in [0, 0.1) is 6.92 Å². The number of aliphatic hydroxyl groups is 1. The van der Waals surface area contributed by atoms with Gasteiger partial charge in [0.15, 0.2) is 11.5 Å². The summed E-state index contributed by atoms with van der Waals surface area (Å²) in [6.07, 6.45) is 0. The summed E-state index contributed by atoms with van der Waals surface area (Å²) < 4.78 is 10.6. The molecule has 15 heavy (non-hydrogen) atoms. The minimum absolute atomic E-state index is 0.143. The minimum Gasteiger partial charge on any atom is -0.454 e. The number of ether oxygens (including phenoxy) is 2. The molecule has 1 aromatic carbocycles. The van der Waals surface area contributed by atoms with Crippen LogP contribution in [0.2, 0.25) is 0 Å². The predicted octanol–water partition coefficient (Wildman–Crippen LogP) is 1.15. The van der Waals surface area contributed by atoms with Gasteiger partial charge in [-0.25, -0.2) is 0 Å². The standard InChI is InChI=1S/C11H15NO3/c1-8-5-10-11(15-7-14-10)6-9(8)12(2)3-4-13/h5-6,13H,3-4,7H2,1-2H3. The van der Waals surface area contributed by atoms with Gasteiger partial charge in [0.1, 0.15) is 0 Å². The number of hydrogen-bond acceptors (Lipinski definition) is 4. The van der Waals surface area contributed by atoms with Crippen LogP contribution < -0.4 is 14.4 Å². The highest BCUT2D eigenvalue weighted by Gasteiger charge is 2.16. The Balaban J connectivity index is 2.31. The van der Waals surface area contributed by atoms with Crippen molar-refractivity contribution in [2.24, 2.45) is 0 Å². The average Bonchev–Trinajstić information content (AvgIpc) is 2.63. The Hall–Kier alpha value is -1.42. The van der Waals surface area contributed by atoms with Gasteiger partial charge in [-0.15, -0.1) is 0 Å². The van der Waals surface area contributed by atoms with Crippen molar-refractivity contribution in [2.75, 3.05) is 31.9 Å². The van der Waals surface area contributed by atoms with E-state index in [1.165, 1.54) is 0 Å². The summed E-state index contributed by atoms with van der Waals surface area (Å²) in [6.45, 7) is 3.07. The van der Waals surface area contributed by atoms with Crippen molar-refractivity contribution in [3.8, 4) is 11.5 Å². The maximum Gasteiger partial charge on any atom is 0.231 e. The lowest BCUT2D eigenvalue weighted by Crippen LogP contribution is -2.21. The fourth-order valence-corrected chi connectivity index (χ4v) is 1.71. The van der Waals surface area contributed by atoms with Crippen molar-refractivity contribution < 1.29 is 14.6 Å². The number of likely N-dealkylation sites (N-methyl/N-ethyl adjacent to an activating group) is 1. The third kappa shape index (κ3) is 1.85. The van der Waals surface area contributed by atoms with Crippen LogP contribution in [0.1, 0.15) is 5.56 Å². The van der Waals surface area contributed by atoms with E-state index in [9.17, 15) is 0 Å². The molecule has 1 aromatic rings. The van der Waals surface area contributed by atoms with Crippen molar-refractivity contribution in [3.63, 3.8) is 0 Å². The molecule has 0 saturated heterocycles. The van der Waals surface area contributed by atoms with Crippen LogP contribution >= 0.6 is 0 Å². The number of rotatable bonds is 3. The molecule has 0 bridgehead atoms. The quantitative estimate of drug-likeness (QED) is 0.811. The molecule has 1 aliphatic heterocycles. The number of fused-ring (bicyclic) bond motifs is 1. The van der Waals surface area contributed by atoms with E-state index in [0.717, 1.165) is 22.7 Å². The Morgan fingerprint density at radius 3 is 2.67 bits per heavy atom. The maximum absolute atomic E-state index is 8.88. The molecule has 0 aromatic heterocycles. The van der Waals surface area contributed by atoms with Gasteiger partial charge in [-0.2, -0.15) is 0 Å². The summed E-state index contributed by atoms with van der Waals surface area (Å²) >= 11 is 0. The van der Waals surface area contributed by atoms with E-state index in [1.807, 2.05) is 31.0 Å². The molecular weight excluding hydrogens is 194 g/mol. The van der Waals surface area contributed by atoms with Gasteiger partial charge >= 0.3 is 0 Å². The predicted molar refractivity (Wildman–Crippen MR) is 57.7 cm³/mol. The van der Waals surface area contributed by atoms with Crippen molar-refractivity contribution in [1.82, 2.24) is 0 Å². The number of anilines is 1. The van der Waals surface area contributed by atoms with E-state index in [-0.39, 0.29) is 6.61 Å². The molecule has 1 N–H and O–H groups in total. The molecule has 0 aliphatic carbocycles. The molecule has 0 amide bonds. The third-order valence-electron chi connectivity index (χ3n) is 2.54. The SMILES string of the molecule is Cc1cc2c(cc1N(C)CCO)OCO2. The van der Waals surface area contributed by atoms with Gasteiger partial charge in [-0.3, -0.25) is 0 Å². The van der Waals surface area contributed by atoms with Crippen LogP contribution in [0.3, 0.4) is 0 Å². The second-order valence-corrected chi connectivity index (χ2v) is 3.64. The van der Waals surface area contributed by atoms with Gasteiger partial charge in [-0.1, -0.05) is 0 Å². The molecule has 82 valence electrons. The molecule has 1 aliphatic rings. The minimum atomic E-state index is 0.143. The molecule has 0 atom stereocenters. The smallest absolute Gasteiger partial charge is 0.231 e. The van der Waals surface area contributed by atoms with Crippen LogP contribution in [0.5, 0.6) is 11.5 Å². The van der Waals surface area contributed by atoms with Crippen molar-refractivity contribution in [3.05, 3.63) is 17.7 Å². The Bertz CT molecular complexity index is 365. The van der Waals surface area contributed by atoms with Crippen LogP contribution in [0.25, 0.3) is 0 Å². The van der Waals surface area contributed by atoms with Crippen molar-refractivity contribution in [2.45, 2.75) is 6.92 Å². The number of aryl methyl sites for hydroxylation is 1. The lowest BCUT2D eigenvalue weighted by atomic mass is 10.1. The van der Waals surface area contributed by atoms with Crippen LogP contribution in [-0.4, -0.2) is 32.1 Å². The highest BCUT2D eigenvalue weighted by molar-refractivity contribution is 5.61. The Morgan fingerprint density at radius 1 is 1.33 bits per heavy atom. The lowest BCUT2D eigenvalue weighted by Gasteiger charge is -2.20. The van der Waals surface area contributed by atoms with Crippen LogP contribution in [-0.2, 0) is 0 Å². The molecule has 2 rings (SSSR count). The molecule has 0 spiro atoms. The number of nitrogens with zero attached hydrogens (tertiary/aromatic N) is 1. The zero-order valence-electron chi connectivity index (χ0n) is 8.99. The fraction of sp³-hybridized carbons (Fsp3) is 0.455. The Kier molecular flexibility index (Phi) is 2.68. The topological polar surface area (TPSA) is 41.9 Å². The molecule has 4 heteroatoms. The summed E-state index contributed by atoms with van der Waals surface area (Å²) in [5, 5.41) is 8.88. The summed E-state index contributed by atoms with van der Waals surface area (Å²) in [5.74, 6) is 1.58. The Morgan fingerprint density at radius 2 is 2.00 bits per heavy atom. The van der Waals surface area contributed by atoms with Gasteiger partial charge < -0.3 is 19.5 Å². The molecule has 4 nitrogen and oxygen atoms in total. The van der Waals surface area contributed by atoms with E-state index < -0.39 is 0 Å². The molecule has 0 fully saturated rings. The van der Waals surface area contributed by atoms with Gasteiger partial charge in [0.25, 0.3) is 0 Å². The Labute approximate surface area is 89.0 Å². The molecule has 0 radical (unpaired) electrons. The zero-order chi connectivity index (χ0) is 10.8. The van der Waals surface area contributed by atoms with Gasteiger partial charge in [0, 0.05) is 25.3 Å². The zero-order valence-corrected chi connectivity index (χ0v) is 8.99. The molecule has 1 heterocycles. The van der Waals surface area contributed by atoms with E-state index >= 15 is 0 Å². The third-order valence-corrected chi connectivity index (χ3v) is 2.54. The fourth-order valence-electron chi connectivity index (χ4n) is 1.71. The van der Waals surface area contributed by atoms with Gasteiger partial charge in [0.05, 0.1) is 6.61 Å². The average molecular weight is 209 g/mol. The number of aliphatic hydroxyl groups excluding tert-OH is 1. The monoisotopic (exact) mass is 209 g/mol. The molecule has 0 unspecified atom stereocenters. The number of benzene rings is 1. The second kappa shape index (κ2) is 3.98. The first-order valence-corrected chi connectivity index (χ1v) is 4.94. The summed E-state index contributed by atoms with van der Waals surface area (Å²) in [6, 6.07) is 3.92. The first-order chi connectivity index (χ1) is 7.22. The van der Waals surface area contributed by atoms with Gasteiger partial charge in [-0.05, 0) is 18.6 Å². The molecular formula is C11H15NO3. The summed E-state index contributed by atoms with van der Waals surface area (Å²) in [7, 11) is 1.95. The van der Waals surface area contributed by atoms with Crippen LogP contribution in [0.4, 0.5) is 5.69 Å². The number of hydrogen-bond donors (Lipinski definition) is 1. The summed E-state index contributed by atoms with van der Waals surface area (Å²) in [4.78, 5) is 2.00. The second-order valence-electron chi connectivity index (χ2n) is 3.64. The van der Waals surface area contributed by atoms with Crippen molar-refractivity contribution >= 4 is 5.69 Å². The first kappa shape index (κ1) is 10.1. The lowest BCUT2D eigenvalue weighted by molar-refractivity contribution is 0.174. The van der Waals surface area contributed by atoms with Gasteiger partial charge in [0.2, 0.25) is 6.79 Å². The van der Waals surface area contributed by atoms with Crippen molar-refractivity contribution in [1.29, 1.82) is 0 Å². The highest BCUT2D eigenvalue weighted by atomic mass is 16.7. The maximum atomic E-state index is 8.88. The summed E-state index contributed by atoms with van der Waals surface area (Å²) in [5.41, 5.74) is 2.18. The first-order valence-electron chi connectivity index (χ1n) is 4.94.